The van der Waals surface area contributed by atoms with Crippen LogP contribution < -0.4 is 14.2 Å². The molecule has 3 aromatic carbocycles. The summed E-state index contributed by atoms with van der Waals surface area (Å²) in [5.41, 5.74) is 2.70. The van der Waals surface area contributed by atoms with Crippen molar-refractivity contribution in [1.29, 1.82) is 0 Å². The lowest BCUT2D eigenvalue weighted by molar-refractivity contribution is 0.174. The SMILES string of the molecule is COc1ccc(CN(Cc2ccc3c(c2)OCO3)S(=O)(=O)c2ccc(C)cc2)cc1. The molecular formula is C23H23NO5S. The Balaban J connectivity index is 1.67. The molecular weight excluding hydrogens is 402 g/mol. The molecule has 7 heteroatoms. The van der Waals surface area contributed by atoms with E-state index in [4.69, 9.17) is 14.2 Å². The molecule has 0 amide bonds. The van der Waals surface area contributed by atoms with Crippen molar-refractivity contribution in [3.8, 4) is 17.2 Å². The molecule has 0 spiro atoms. The van der Waals surface area contributed by atoms with Crippen LogP contribution in [-0.2, 0) is 23.1 Å². The van der Waals surface area contributed by atoms with Crippen LogP contribution in [0.5, 0.6) is 17.2 Å². The van der Waals surface area contributed by atoms with Crippen molar-refractivity contribution in [2.45, 2.75) is 24.9 Å². The van der Waals surface area contributed by atoms with Crippen molar-refractivity contribution in [3.63, 3.8) is 0 Å². The number of benzene rings is 3. The number of hydrogen-bond acceptors (Lipinski definition) is 5. The zero-order valence-electron chi connectivity index (χ0n) is 16.9. The molecule has 1 heterocycles. The molecule has 4 rings (SSSR count). The van der Waals surface area contributed by atoms with E-state index < -0.39 is 10.0 Å². The van der Waals surface area contributed by atoms with E-state index in [2.05, 4.69) is 0 Å². The summed E-state index contributed by atoms with van der Waals surface area (Å²) < 4.78 is 44.4. The Morgan fingerprint density at radius 2 is 1.50 bits per heavy atom. The summed E-state index contributed by atoms with van der Waals surface area (Å²) in [5, 5.41) is 0. The second-order valence-corrected chi connectivity index (χ2v) is 9.06. The van der Waals surface area contributed by atoms with Crippen LogP contribution in [0, 0.1) is 6.92 Å². The van der Waals surface area contributed by atoms with Gasteiger partial charge in [0, 0.05) is 13.1 Å². The third kappa shape index (κ3) is 4.27. The number of ether oxygens (including phenoxy) is 3. The molecule has 0 unspecified atom stereocenters. The highest BCUT2D eigenvalue weighted by molar-refractivity contribution is 7.89. The van der Waals surface area contributed by atoms with Crippen LogP contribution in [0.3, 0.4) is 0 Å². The standard InChI is InChI=1S/C23H23NO5S/c1-17-3-10-21(11-4-17)30(25,26)24(14-18-5-8-20(27-2)9-6-18)15-19-7-12-22-23(13-19)29-16-28-22/h3-13H,14-16H2,1-2H3. The predicted octanol–water partition coefficient (Wildman–Crippen LogP) is 4.12. The number of hydrogen-bond donors (Lipinski definition) is 0. The lowest BCUT2D eigenvalue weighted by Crippen LogP contribution is -2.30. The zero-order valence-corrected chi connectivity index (χ0v) is 17.7. The van der Waals surface area contributed by atoms with E-state index >= 15 is 0 Å². The fraction of sp³-hybridized carbons (Fsp3) is 0.217. The van der Waals surface area contributed by atoms with Crippen molar-refractivity contribution in [2.75, 3.05) is 13.9 Å². The second kappa shape index (κ2) is 8.38. The maximum atomic E-state index is 13.5. The van der Waals surface area contributed by atoms with Gasteiger partial charge in [-0.05, 0) is 54.4 Å². The van der Waals surface area contributed by atoms with Crippen LogP contribution >= 0.6 is 0 Å². The topological polar surface area (TPSA) is 65.1 Å². The molecule has 0 saturated carbocycles. The summed E-state index contributed by atoms with van der Waals surface area (Å²) in [6, 6.07) is 19.8. The van der Waals surface area contributed by atoms with Crippen LogP contribution in [0.1, 0.15) is 16.7 Å². The van der Waals surface area contributed by atoms with Gasteiger partial charge in [0.2, 0.25) is 16.8 Å². The van der Waals surface area contributed by atoms with Gasteiger partial charge in [0.1, 0.15) is 5.75 Å². The van der Waals surface area contributed by atoms with Crippen LogP contribution in [0.15, 0.2) is 71.6 Å². The van der Waals surface area contributed by atoms with Crippen molar-refractivity contribution in [2.24, 2.45) is 0 Å². The molecule has 3 aromatic rings. The molecule has 1 aliphatic rings. The molecule has 1 aliphatic heterocycles. The molecule has 0 radical (unpaired) electrons. The van der Waals surface area contributed by atoms with Crippen LogP contribution in [0.4, 0.5) is 0 Å². The third-order valence-corrected chi connectivity index (χ3v) is 6.78. The van der Waals surface area contributed by atoms with Gasteiger partial charge < -0.3 is 14.2 Å². The van der Waals surface area contributed by atoms with Crippen molar-refractivity contribution in [3.05, 3.63) is 83.4 Å². The van der Waals surface area contributed by atoms with Gasteiger partial charge in [-0.2, -0.15) is 4.31 Å². The van der Waals surface area contributed by atoms with Gasteiger partial charge in [0.25, 0.3) is 0 Å². The van der Waals surface area contributed by atoms with Crippen LogP contribution in [0.25, 0.3) is 0 Å². The van der Waals surface area contributed by atoms with E-state index in [1.165, 1.54) is 4.31 Å². The summed E-state index contributed by atoms with van der Waals surface area (Å²) in [7, 11) is -2.11. The largest absolute Gasteiger partial charge is 0.497 e. The minimum atomic E-state index is -3.71. The Bertz CT molecular complexity index is 1130. The molecule has 0 N–H and O–H groups in total. The fourth-order valence-corrected chi connectivity index (χ4v) is 4.68. The maximum absolute atomic E-state index is 13.5. The average Bonchev–Trinajstić information content (AvgIpc) is 3.22. The number of fused-ring (bicyclic) bond motifs is 1. The van der Waals surface area contributed by atoms with E-state index in [1.54, 1.807) is 31.4 Å². The van der Waals surface area contributed by atoms with Gasteiger partial charge in [-0.1, -0.05) is 35.9 Å². The zero-order chi connectivity index (χ0) is 21.1. The molecule has 0 bridgehead atoms. The van der Waals surface area contributed by atoms with E-state index in [9.17, 15) is 8.42 Å². The minimum Gasteiger partial charge on any atom is -0.497 e. The highest BCUT2D eigenvalue weighted by Crippen LogP contribution is 2.33. The summed E-state index contributed by atoms with van der Waals surface area (Å²) in [6.45, 7) is 2.54. The van der Waals surface area contributed by atoms with E-state index in [0.717, 1.165) is 22.4 Å². The Morgan fingerprint density at radius 1 is 0.867 bits per heavy atom. The number of aryl methyl sites for hydroxylation is 1. The second-order valence-electron chi connectivity index (χ2n) is 7.12. The Labute approximate surface area is 176 Å². The molecule has 30 heavy (non-hydrogen) atoms. The number of sulfonamides is 1. The molecule has 0 aliphatic carbocycles. The molecule has 156 valence electrons. The first-order valence-corrected chi connectivity index (χ1v) is 11.0. The smallest absolute Gasteiger partial charge is 0.243 e. The third-order valence-electron chi connectivity index (χ3n) is 4.97. The van der Waals surface area contributed by atoms with Gasteiger partial charge >= 0.3 is 0 Å². The lowest BCUT2D eigenvalue weighted by atomic mass is 10.2. The van der Waals surface area contributed by atoms with Crippen LogP contribution in [-0.4, -0.2) is 26.6 Å². The van der Waals surface area contributed by atoms with E-state index in [-0.39, 0.29) is 24.8 Å². The molecule has 0 aromatic heterocycles. The van der Waals surface area contributed by atoms with Gasteiger partial charge in [-0.3, -0.25) is 0 Å². The average molecular weight is 426 g/mol. The highest BCUT2D eigenvalue weighted by Gasteiger charge is 2.26. The number of methoxy groups -OCH3 is 1. The molecule has 0 fully saturated rings. The lowest BCUT2D eigenvalue weighted by Gasteiger charge is -2.23. The first-order valence-electron chi connectivity index (χ1n) is 9.54. The summed E-state index contributed by atoms with van der Waals surface area (Å²) in [6.07, 6.45) is 0. The van der Waals surface area contributed by atoms with Crippen molar-refractivity contribution < 1.29 is 22.6 Å². The Hall–Kier alpha value is -3.03. The minimum absolute atomic E-state index is 0.177. The van der Waals surface area contributed by atoms with Gasteiger partial charge in [-0.25, -0.2) is 8.42 Å². The van der Waals surface area contributed by atoms with Gasteiger partial charge in [-0.15, -0.1) is 0 Å². The maximum Gasteiger partial charge on any atom is 0.243 e. The summed E-state index contributed by atoms with van der Waals surface area (Å²) in [5.74, 6) is 2.02. The quantitative estimate of drug-likeness (QED) is 0.570. The van der Waals surface area contributed by atoms with Gasteiger partial charge in [0.05, 0.1) is 12.0 Å². The first kappa shape index (κ1) is 20.3. The first-order chi connectivity index (χ1) is 14.5. The Kier molecular flexibility index (Phi) is 5.65. The molecule has 0 atom stereocenters. The van der Waals surface area contributed by atoms with E-state index in [1.807, 2.05) is 49.4 Å². The van der Waals surface area contributed by atoms with E-state index in [0.29, 0.717) is 11.5 Å². The number of rotatable bonds is 7. The monoisotopic (exact) mass is 425 g/mol. The predicted molar refractivity (Wildman–Crippen MR) is 113 cm³/mol. The number of nitrogens with zero attached hydrogens (tertiary/aromatic N) is 1. The highest BCUT2D eigenvalue weighted by atomic mass is 32.2. The fourth-order valence-electron chi connectivity index (χ4n) is 3.26. The van der Waals surface area contributed by atoms with Crippen molar-refractivity contribution >= 4 is 10.0 Å². The normalized spacial score (nSPS) is 12.9. The van der Waals surface area contributed by atoms with Crippen molar-refractivity contribution in [1.82, 2.24) is 4.31 Å². The molecule has 6 nitrogen and oxygen atoms in total. The summed E-state index contributed by atoms with van der Waals surface area (Å²) in [4.78, 5) is 0.266. The van der Waals surface area contributed by atoms with Crippen LogP contribution in [0.2, 0.25) is 0 Å². The summed E-state index contributed by atoms with van der Waals surface area (Å²) >= 11 is 0. The Morgan fingerprint density at radius 3 is 2.20 bits per heavy atom. The van der Waals surface area contributed by atoms with Gasteiger partial charge in [0.15, 0.2) is 11.5 Å². The molecule has 0 saturated heterocycles.